The zero-order chi connectivity index (χ0) is 16.7. The summed E-state index contributed by atoms with van der Waals surface area (Å²) in [6, 6.07) is 14.9. The molecule has 0 aliphatic heterocycles. The third-order valence-electron chi connectivity index (χ3n) is 3.38. The molecule has 4 nitrogen and oxygen atoms in total. The second kappa shape index (κ2) is 8.56. The Morgan fingerprint density at radius 2 is 1.91 bits per heavy atom. The Kier molecular flexibility index (Phi) is 6.44. The van der Waals surface area contributed by atoms with Crippen molar-refractivity contribution in [3.8, 4) is 5.75 Å². The van der Waals surface area contributed by atoms with Gasteiger partial charge in [-0.05, 0) is 42.3 Å². The lowest BCUT2D eigenvalue weighted by atomic mass is 10.2. The first-order valence-electron chi connectivity index (χ1n) is 7.35. The van der Waals surface area contributed by atoms with Crippen molar-refractivity contribution < 1.29 is 14.3 Å². The van der Waals surface area contributed by atoms with E-state index in [9.17, 15) is 4.79 Å². The smallest absolute Gasteiger partial charge is 0.249 e. The lowest BCUT2D eigenvalue weighted by Crippen LogP contribution is -2.33. The van der Waals surface area contributed by atoms with E-state index < -0.39 is 6.10 Å². The normalized spacial score (nSPS) is 11.8. The molecule has 2 aromatic carbocycles. The number of carbonyl (C=O) groups excluding carboxylic acids is 1. The SMILES string of the molecule is COc1cccc(CO[C@H](C)C(=O)NCc2ccc(Cl)cc2)c1. The number of ether oxygens (including phenoxy) is 2. The van der Waals surface area contributed by atoms with Crippen LogP contribution in [0.3, 0.4) is 0 Å². The maximum absolute atomic E-state index is 12.0. The molecule has 0 unspecified atom stereocenters. The summed E-state index contributed by atoms with van der Waals surface area (Å²) < 4.78 is 10.8. The number of benzene rings is 2. The average Bonchev–Trinajstić information content (AvgIpc) is 2.59. The average molecular weight is 334 g/mol. The first kappa shape index (κ1) is 17.3. The monoisotopic (exact) mass is 333 g/mol. The van der Waals surface area contributed by atoms with Crippen LogP contribution in [0.2, 0.25) is 5.02 Å². The van der Waals surface area contributed by atoms with E-state index in [-0.39, 0.29) is 5.91 Å². The van der Waals surface area contributed by atoms with Gasteiger partial charge in [0.2, 0.25) is 5.91 Å². The molecule has 0 saturated carbocycles. The molecule has 0 fully saturated rings. The van der Waals surface area contributed by atoms with E-state index >= 15 is 0 Å². The van der Waals surface area contributed by atoms with Gasteiger partial charge in [-0.2, -0.15) is 0 Å². The molecule has 0 saturated heterocycles. The van der Waals surface area contributed by atoms with Gasteiger partial charge >= 0.3 is 0 Å². The van der Waals surface area contributed by atoms with E-state index in [4.69, 9.17) is 21.1 Å². The van der Waals surface area contributed by atoms with Crippen LogP contribution in [0.25, 0.3) is 0 Å². The van der Waals surface area contributed by atoms with Crippen LogP contribution in [-0.4, -0.2) is 19.1 Å². The molecule has 0 aliphatic rings. The molecule has 0 bridgehead atoms. The summed E-state index contributed by atoms with van der Waals surface area (Å²) in [5.41, 5.74) is 1.95. The maximum atomic E-state index is 12.0. The third kappa shape index (κ3) is 5.58. The minimum absolute atomic E-state index is 0.150. The van der Waals surface area contributed by atoms with Crippen LogP contribution >= 0.6 is 11.6 Å². The van der Waals surface area contributed by atoms with Crippen LogP contribution in [0.15, 0.2) is 48.5 Å². The Bertz CT molecular complexity index is 643. The summed E-state index contributed by atoms with van der Waals surface area (Å²) in [6.45, 7) is 2.53. The molecule has 0 radical (unpaired) electrons. The van der Waals surface area contributed by atoms with Crippen molar-refractivity contribution in [2.45, 2.75) is 26.2 Å². The summed E-state index contributed by atoms with van der Waals surface area (Å²) in [5, 5.41) is 3.52. The van der Waals surface area contributed by atoms with Crippen LogP contribution in [0.4, 0.5) is 0 Å². The van der Waals surface area contributed by atoms with Gasteiger partial charge in [-0.1, -0.05) is 35.9 Å². The number of hydrogen-bond acceptors (Lipinski definition) is 3. The fourth-order valence-corrected chi connectivity index (χ4v) is 2.12. The van der Waals surface area contributed by atoms with Crippen LogP contribution in [0, 0.1) is 0 Å². The van der Waals surface area contributed by atoms with Crippen LogP contribution in [0.5, 0.6) is 5.75 Å². The predicted molar refractivity (Wildman–Crippen MR) is 90.5 cm³/mol. The molecule has 0 spiro atoms. The number of halogens is 1. The van der Waals surface area contributed by atoms with Crippen LogP contribution in [-0.2, 0) is 22.7 Å². The second-order valence-electron chi connectivity index (χ2n) is 5.15. The summed E-state index contributed by atoms with van der Waals surface area (Å²) in [7, 11) is 1.62. The molecule has 0 aliphatic carbocycles. The highest BCUT2D eigenvalue weighted by Crippen LogP contribution is 2.14. The summed E-state index contributed by atoms with van der Waals surface area (Å²) in [5.74, 6) is 0.619. The lowest BCUT2D eigenvalue weighted by molar-refractivity contribution is -0.132. The quantitative estimate of drug-likeness (QED) is 0.842. The first-order chi connectivity index (χ1) is 11.1. The molecule has 0 aromatic heterocycles. The van der Waals surface area contributed by atoms with E-state index in [1.165, 1.54) is 0 Å². The highest BCUT2D eigenvalue weighted by atomic mass is 35.5. The zero-order valence-electron chi connectivity index (χ0n) is 13.2. The minimum Gasteiger partial charge on any atom is -0.497 e. The van der Waals surface area contributed by atoms with Crippen LogP contribution < -0.4 is 10.1 Å². The molecule has 1 N–H and O–H groups in total. The van der Waals surface area contributed by atoms with Gasteiger partial charge in [0, 0.05) is 11.6 Å². The van der Waals surface area contributed by atoms with E-state index in [1.54, 1.807) is 26.2 Å². The number of hydrogen-bond donors (Lipinski definition) is 1. The molecule has 23 heavy (non-hydrogen) atoms. The van der Waals surface area contributed by atoms with Gasteiger partial charge in [-0.25, -0.2) is 0 Å². The second-order valence-corrected chi connectivity index (χ2v) is 5.59. The molecule has 2 aromatic rings. The van der Waals surface area contributed by atoms with Gasteiger partial charge in [-0.15, -0.1) is 0 Å². The first-order valence-corrected chi connectivity index (χ1v) is 7.73. The van der Waals surface area contributed by atoms with E-state index in [1.807, 2.05) is 36.4 Å². The third-order valence-corrected chi connectivity index (χ3v) is 3.64. The van der Waals surface area contributed by atoms with Gasteiger partial charge in [0.1, 0.15) is 11.9 Å². The Morgan fingerprint density at radius 3 is 2.61 bits per heavy atom. The largest absolute Gasteiger partial charge is 0.497 e. The van der Waals surface area contributed by atoms with Crippen molar-refractivity contribution in [2.24, 2.45) is 0 Å². The Hall–Kier alpha value is -2.04. The summed E-state index contributed by atoms with van der Waals surface area (Å²) >= 11 is 5.83. The Morgan fingerprint density at radius 1 is 1.17 bits per heavy atom. The minimum atomic E-state index is -0.534. The maximum Gasteiger partial charge on any atom is 0.249 e. The molecule has 122 valence electrons. The van der Waals surface area contributed by atoms with Gasteiger partial charge < -0.3 is 14.8 Å². The van der Waals surface area contributed by atoms with Crippen molar-refractivity contribution in [3.05, 3.63) is 64.7 Å². The fraction of sp³-hybridized carbons (Fsp3) is 0.278. The summed E-state index contributed by atoms with van der Waals surface area (Å²) in [4.78, 5) is 12.0. The molecule has 5 heteroatoms. The summed E-state index contributed by atoms with van der Waals surface area (Å²) in [6.07, 6.45) is -0.534. The number of carbonyl (C=O) groups is 1. The Balaban J connectivity index is 1.79. The predicted octanol–water partition coefficient (Wildman–Crippen LogP) is 3.57. The highest BCUT2D eigenvalue weighted by molar-refractivity contribution is 6.30. The fourth-order valence-electron chi connectivity index (χ4n) is 1.99. The van der Waals surface area contributed by atoms with E-state index in [2.05, 4.69) is 5.32 Å². The molecular weight excluding hydrogens is 314 g/mol. The van der Waals surface area contributed by atoms with Crippen molar-refractivity contribution >= 4 is 17.5 Å². The van der Waals surface area contributed by atoms with Crippen LogP contribution in [0.1, 0.15) is 18.1 Å². The lowest BCUT2D eigenvalue weighted by Gasteiger charge is -2.14. The van der Waals surface area contributed by atoms with E-state index in [0.29, 0.717) is 18.2 Å². The molecule has 2 rings (SSSR count). The van der Waals surface area contributed by atoms with Gasteiger partial charge in [0.15, 0.2) is 0 Å². The molecular formula is C18H20ClNO3. The number of nitrogens with one attached hydrogen (secondary N) is 1. The zero-order valence-corrected chi connectivity index (χ0v) is 14.0. The highest BCUT2D eigenvalue weighted by Gasteiger charge is 2.13. The van der Waals surface area contributed by atoms with Gasteiger partial charge in [0.25, 0.3) is 0 Å². The topological polar surface area (TPSA) is 47.6 Å². The number of methoxy groups -OCH3 is 1. The number of rotatable bonds is 7. The molecule has 0 heterocycles. The van der Waals surface area contributed by atoms with Crippen molar-refractivity contribution in [2.75, 3.05) is 7.11 Å². The van der Waals surface area contributed by atoms with E-state index in [0.717, 1.165) is 16.9 Å². The molecule has 1 atom stereocenters. The standard InChI is InChI=1S/C18H20ClNO3/c1-13(23-12-15-4-3-5-17(10-15)22-2)18(21)20-11-14-6-8-16(19)9-7-14/h3-10,13H,11-12H2,1-2H3,(H,20,21)/t13-/m1/s1. The van der Waals surface area contributed by atoms with Crippen molar-refractivity contribution in [1.82, 2.24) is 5.32 Å². The van der Waals surface area contributed by atoms with Gasteiger partial charge in [-0.3, -0.25) is 4.79 Å². The Labute approximate surface area is 141 Å². The van der Waals surface area contributed by atoms with Gasteiger partial charge in [0.05, 0.1) is 13.7 Å². The number of amides is 1. The van der Waals surface area contributed by atoms with Crippen molar-refractivity contribution in [1.29, 1.82) is 0 Å². The van der Waals surface area contributed by atoms with Crippen molar-refractivity contribution in [3.63, 3.8) is 0 Å². The molecule has 1 amide bonds.